The van der Waals surface area contributed by atoms with Crippen LogP contribution in [0.25, 0.3) is 0 Å². The normalized spacial score (nSPS) is 44.3. The third-order valence-corrected chi connectivity index (χ3v) is 2.19. The monoisotopic (exact) mass is 170 g/mol. The maximum atomic E-state index is 5.61. The molecule has 2 saturated heterocycles. The Labute approximate surface area is 72.3 Å². The van der Waals surface area contributed by atoms with E-state index in [1.807, 2.05) is 13.8 Å². The van der Waals surface area contributed by atoms with Crippen LogP contribution in [0.4, 0.5) is 0 Å². The highest BCUT2D eigenvalue weighted by atomic mass is 16.8. The molecule has 0 aliphatic carbocycles. The highest BCUT2D eigenvalue weighted by Crippen LogP contribution is 2.34. The van der Waals surface area contributed by atoms with Gasteiger partial charge in [-0.1, -0.05) is 6.08 Å². The van der Waals surface area contributed by atoms with E-state index in [-0.39, 0.29) is 18.3 Å². The summed E-state index contributed by atoms with van der Waals surface area (Å²) in [4.78, 5) is 0. The molecule has 3 atom stereocenters. The average Bonchev–Trinajstić information content (AvgIpc) is 2.70. The summed E-state index contributed by atoms with van der Waals surface area (Å²) in [7, 11) is 0. The Kier molecular flexibility index (Phi) is 1.75. The highest BCUT2D eigenvalue weighted by Gasteiger charge is 2.49. The lowest BCUT2D eigenvalue weighted by Gasteiger charge is -2.16. The van der Waals surface area contributed by atoms with Crippen molar-refractivity contribution >= 4 is 0 Å². The Hall–Kier alpha value is -0.380. The quantitative estimate of drug-likeness (QED) is 0.459. The van der Waals surface area contributed by atoms with Gasteiger partial charge in [0.25, 0.3) is 0 Å². The molecule has 12 heavy (non-hydrogen) atoms. The Morgan fingerprint density at radius 3 is 2.67 bits per heavy atom. The van der Waals surface area contributed by atoms with Gasteiger partial charge in [0.1, 0.15) is 18.3 Å². The van der Waals surface area contributed by atoms with E-state index in [1.165, 1.54) is 0 Å². The molecule has 68 valence electrons. The zero-order valence-corrected chi connectivity index (χ0v) is 7.45. The molecule has 3 nitrogen and oxygen atoms in total. The fourth-order valence-corrected chi connectivity index (χ4v) is 1.50. The van der Waals surface area contributed by atoms with Crippen molar-refractivity contribution in [2.24, 2.45) is 0 Å². The van der Waals surface area contributed by atoms with Crippen molar-refractivity contribution in [1.82, 2.24) is 0 Å². The zero-order valence-electron chi connectivity index (χ0n) is 7.45. The predicted molar refractivity (Wildman–Crippen MR) is 43.8 cm³/mol. The van der Waals surface area contributed by atoms with Gasteiger partial charge in [0, 0.05) is 0 Å². The van der Waals surface area contributed by atoms with Gasteiger partial charge in [0.05, 0.1) is 6.61 Å². The van der Waals surface area contributed by atoms with Crippen LogP contribution in [-0.2, 0) is 14.2 Å². The molecule has 0 aromatic heterocycles. The molecule has 0 saturated carbocycles. The maximum Gasteiger partial charge on any atom is 0.163 e. The van der Waals surface area contributed by atoms with Crippen molar-refractivity contribution in [3.8, 4) is 0 Å². The van der Waals surface area contributed by atoms with E-state index in [9.17, 15) is 0 Å². The van der Waals surface area contributed by atoms with Crippen LogP contribution < -0.4 is 0 Å². The predicted octanol–water partition coefficient (Wildman–Crippen LogP) is 1.09. The van der Waals surface area contributed by atoms with Gasteiger partial charge >= 0.3 is 0 Å². The molecule has 0 N–H and O–H groups in total. The van der Waals surface area contributed by atoms with Crippen LogP contribution in [0, 0.1) is 0 Å². The van der Waals surface area contributed by atoms with Crippen LogP contribution in [-0.4, -0.2) is 30.7 Å². The summed E-state index contributed by atoms with van der Waals surface area (Å²) in [5.74, 6) is -0.442. The van der Waals surface area contributed by atoms with Crippen molar-refractivity contribution in [1.29, 1.82) is 0 Å². The lowest BCUT2D eigenvalue weighted by atomic mass is 10.2. The van der Waals surface area contributed by atoms with Gasteiger partial charge in [-0.3, -0.25) is 0 Å². The molecule has 2 rings (SSSR count). The van der Waals surface area contributed by atoms with Crippen molar-refractivity contribution < 1.29 is 14.2 Å². The molecule has 2 fully saturated rings. The van der Waals surface area contributed by atoms with Crippen molar-refractivity contribution in [3.05, 3.63) is 12.7 Å². The lowest BCUT2D eigenvalue weighted by Crippen LogP contribution is -2.24. The van der Waals surface area contributed by atoms with Crippen LogP contribution >= 0.6 is 0 Å². The Bertz CT molecular complexity index is 200. The van der Waals surface area contributed by atoms with Gasteiger partial charge in [-0.2, -0.15) is 0 Å². The molecule has 2 aliphatic heterocycles. The van der Waals surface area contributed by atoms with Crippen molar-refractivity contribution in [2.45, 2.75) is 37.9 Å². The third-order valence-electron chi connectivity index (χ3n) is 2.19. The minimum atomic E-state index is -0.442. The van der Waals surface area contributed by atoms with E-state index in [4.69, 9.17) is 14.2 Å². The molecule has 0 bridgehead atoms. The van der Waals surface area contributed by atoms with Gasteiger partial charge in [-0.05, 0) is 13.8 Å². The van der Waals surface area contributed by atoms with Crippen molar-refractivity contribution in [2.75, 3.05) is 6.61 Å². The standard InChI is InChI=1S/C9H14O3/c1-4-6-8(11-6)7-5-10-9(2,3)12-7/h4,6-8H,1,5H2,2-3H3/t6-,7+,8+/m0/s1. The molecule has 0 aromatic rings. The molecular weight excluding hydrogens is 156 g/mol. The SMILES string of the molecule is C=C[C@@H]1O[C@H]1[C@H]1COC(C)(C)O1. The molecule has 0 unspecified atom stereocenters. The van der Waals surface area contributed by atoms with Gasteiger partial charge in [-0.25, -0.2) is 0 Å². The Balaban J connectivity index is 1.89. The van der Waals surface area contributed by atoms with E-state index in [2.05, 4.69) is 6.58 Å². The van der Waals surface area contributed by atoms with Crippen LogP contribution in [0.1, 0.15) is 13.8 Å². The molecule has 2 aliphatic rings. The minimum Gasteiger partial charge on any atom is -0.362 e. The largest absolute Gasteiger partial charge is 0.362 e. The average molecular weight is 170 g/mol. The number of rotatable bonds is 2. The van der Waals surface area contributed by atoms with E-state index < -0.39 is 5.79 Å². The smallest absolute Gasteiger partial charge is 0.163 e. The van der Waals surface area contributed by atoms with E-state index in [0.717, 1.165) is 0 Å². The second kappa shape index (κ2) is 2.55. The first-order valence-corrected chi connectivity index (χ1v) is 4.22. The molecule has 3 heteroatoms. The van der Waals surface area contributed by atoms with Crippen LogP contribution in [0.3, 0.4) is 0 Å². The van der Waals surface area contributed by atoms with Crippen LogP contribution in [0.5, 0.6) is 0 Å². The second-order valence-electron chi connectivity index (χ2n) is 3.67. The fourth-order valence-electron chi connectivity index (χ4n) is 1.50. The summed E-state index contributed by atoms with van der Waals surface area (Å²) in [5, 5.41) is 0. The van der Waals surface area contributed by atoms with Gasteiger partial charge in [0.2, 0.25) is 0 Å². The molecule has 0 amide bonds. The molecule has 0 aromatic carbocycles. The Morgan fingerprint density at radius 2 is 2.25 bits per heavy atom. The first kappa shape index (κ1) is 8.23. The highest BCUT2D eigenvalue weighted by molar-refractivity contribution is 5.03. The van der Waals surface area contributed by atoms with E-state index in [1.54, 1.807) is 6.08 Å². The van der Waals surface area contributed by atoms with E-state index >= 15 is 0 Å². The maximum absolute atomic E-state index is 5.61. The molecule has 2 heterocycles. The second-order valence-corrected chi connectivity index (χ2v) is 3.67. The zero-order chi connectivity index (χ0) is 8.77. The fraction of sp³-hybridized carbons (Fsp3) is 0.778. The first-order valence-electron chi connectivity index (χ1n) is 4.22. The number of hydrogen-bond donors (Lipinski definition) is 0. The molecule has 0 spiro atoms. The summed E-state index contributed by atoms with van der Waals surface area (Å²) in [6.07, 6.45) is 2.24. The number of epoxide rings is 1. The first-order chi connectivity index (χ1) is 5.62. The van der Waals surface area contributed by atoms with Crippen molar-refractivity contribution in [3.63, 3.8) is 0 Å². The summed E-state index contributed by atoms with van der Waals surface area (Å²) in [6.45, 7) is 8.12. The topological polar surface area (TPSA) is 31.0 Å². The molecule has 0 radical (unpaired) electrons. The van der Waals surface area contributed by atoms with E-state index in [0.29, 0.717) is 6.61 Å². The summed E-state index contributed by atoms with van der Waals surface area (Å²) in [6, 6.07) is 0. The van der Waals surface area contributed by atoms with Crippen LogP contribution in [0.2, 0.25) is 0 Å². The summed E-state index contributed by atoms with van der Waals surface area (Å²) < 4.78 is 16.3. The van der Waals surface area contributed by atoms with Gasteiger partial charge in [0.15, 0.2) is 5.79 Å². The van der Waals surface area contributed by atoms with Gasteiger partial charge in [-0.15, -0.1) is 6.58 Å². The summed E-state index contributed by atoms with van der Waals surface area (Å²) >= 11 is 0. The van der Waals surface area contributed by atoms with Crippen LogP contribution in [0.15, 0.2) is 12.7 Å². The minimum absolute atomic E-state index is 0.0861. The third kappa shape index (κ3) is 1.40. The molecular formula is C9H14O3. The number of hydrogen-bond acceptors (Lipinski definition) is 3. The van der Waals surface area contributed by atoms with Gasteiger partial charge < -0.3 is 14.2 Å². The number of ether oxygens (including phenoxy) is 3. The Morgan fingerprint density at radius 1 is 1.50 bits per heavy atom. The summed E-state index contributed by atoms with van der Waals surface area (Å²) in [5.41, 5.74) is 0. The lowest BCUT2D eigenvalue weighted by molar-refractivity contribution is -0.140.